The summed E-state index contributed by atoms with van der Waals surface area (Å²) in [4.78, 5) is 13.1. The van der Waals surface area contributed by atoms with Crippen molar-refractivity contribution in [3.63, 3.8) is 0 Å². The van der Waals surface area contributed by atoms with Crippen molar-refractivity contribution in [1.29, 1.82) is 0 Å². The third-order valence-electron chi connectivity index (χ3n) is 5.48. The SMILES string of the molecule is C=C(C)C(=O)OCCCCCCSc1ccc(/C=C/c2ccc(S(=O)(=O)c3ccccc3)cc2)cc1. The van der Waals surface area contributed by atoms with Crippen molar-refractivity contribution in [2.24, 2.45) is 0 Å². The van der Waals surface area contributed by atoms with E-state index in [2.05, 4.69) is 30.8 Å². The first-order chi connectivity index (χ1) is 17.4. The van der Waals surface area contributed by atoms with Gasteiger partial charge in [-0.15, -0.1) is 11.8 Å². The van der Waals surface area contributed by atoms with Crippen LogP contribution in [0.15, 0.2) is 106 Å². The number of carbonyl (C=O) groups is 1. The van der Waals surface area contributed by atoms with Gasteiger partial charge in [-0.2, -0.15) is 0 Å². The zero-order chi connectivity index (χ0) is 25.8. The molecule has 0 aliphatic carbocycles. The monoisotopic (exact) mass is 520 g/mol. The third kappa shape index (κ3) is 8.54. The predicted molar refractivity (Wildman–Crippen MR) is 149 cm³/mol. The molecule has 0 aliphatic rings. The number of rotatable bonds is 13. The van der Waals surface area contributed by atoms with Crippen molar-refractivity contribution in [2.45, 2.75) is 47.3 Å². The number of esters is 1. The van der Waals surface area contributed by atoms with Gasteiger partial charge < -0.3 is 4.74 Å². The van der Waals surface area contributed by atoms with E-state index in [1.807, 2.05) is 36.0 Å². The van der Waals surface area contributed by atoms with Gasteiger partial charge in [-0.25, -0.2) is 13.2 Å². The van der Waals surface area contributed by atoms with Crippen molar-refractivity contribution < 1.29 is 17.9 Å². The molecule has 0 amide bonds. The van der Waals surface area contributed by atoms with Gasteiger partial charge in [0.25, 0.3) is 0 Å². The summed E-state index contributed by atoms with van der Waals surface area (Å²) >= 11 is 1.84. The molecule has 0 saturated carbocycles. The zero-order valence-corrected chi connectivity index (χ0v) is 22.2. The highest BCUT2D eigenvalue weighted by molar-refractivity contribution is 7.99. The van der Waals surface area contributed by atoms with Crippen molar-refractivity contribution in [1.82, 2.24) is 0 Å². The predicted octanol–water partition coefficient (Wildman–Crippen LogP) is 7.46. The summed E-state index contributed by atoms with van der Waals surface area (Å²) in [6, 6.07) is 23.8. The van der Waals surface area contributed by atoms with Gasteiger partial charge in [0.05, 0.1) is 16.4 Å². The number of benzene rings is 3. The molecule has 0 heterocycles. The Morgan fingerprint density at radius 2 is 1.36 bits per heavy atom. The Balaban J connectivity index is 1.40. The topological polar surface area (TPSA) is 60.4 Å². The van der Waals surface area contributed by atoms with Crippen molar-refractivity contribution in [2.75, 3.05) is 12.4 Å². The summed E-state index contributed by atoms with van der Waals surface area (Å²) in [5, 5.41) is 0. The molecule has 0 atom stereocenters. The van der Waals surface area contributed by atoms with E-state index in [-0.39, 0.29) is 5.97 Å². The molecule has 0 saturated heterocycles. The smallest absolute Gasteiger partial charge is 0.333 e. The van der Waals surface area contributed by atoms with Crippen molar-refractivity contribution >= 4 is 39.7 Å². The van der Waals surface area contributed by atoms with E-state index in [0.29, 0.717) is 22.0 Å². The molecule has 0 aliphatic heterocycles. The average Bonchev–Trinajstić information content (AvgIpc) is 2.90. The molecule has 4 nitrogen and oxygen atoms in total. The lowest BCUT2D eigenvalue weighted by molar-refractivity contribution is -0.139. The second-order valence-electron chi connectivity index (χ2n) is 8.47. The van der Waals surface area contributed by atoms with E-state index in [9.17, 15) is 13.2 Å². The van der Waals surface area contributed by atoms with Crippen LogP contribution in [0.4, 0.5) is 0 Å². The number of ether oxygens (including phenoxy) is 1. The fourth-order valence-electron chi connectivity index (χ4n) is 3.40. The van der Waals surface area contributed by atoms with Crippen LogP contribution in [0, 0.1) is 0 Å². The Hall–Kier alpha value is -3.09. The molecular formula is C30H32O4S2. The van der Waals surface area contributed by atoms with Gasteiger partial charge in [-0.1, -0.05) is 74.0 Å². The highest BCUT2D eigenvalue weighted by Crippen LogP contribution is 2.23. The number of thioether (sulfide) groups is 1. The summed E-state index contributed by atoms with van der Waals surface area (Å²) < 4.78 is 30.5. The maximum absolute atomic E-state index is 12.7. The maximum atomic E-state index is 12.7. The molecule has 0 spiro atoms. The van der Waals surface area contributed by atoms with Crippen LogP contribution in [0.25, 0.3) is 12.2 Å². The Bertz CT molecular complexity index is 1260. The molecule has 0 unspecified atom stereocenters. The average molecular weight is 521 g/mol. The minimum Gasteiger partial charge on any atom is -0.462 e. The molecule has 188 valence electrons. The van der Waals surface area contributed by atoms with E-state index in [0.717, 1.165) is 42.6 Å². The normalized spacial score (nSPS) is 11.5. The lowest BCUT2D eigenvalue weighted by Gasteiger charge is -2.05. The molecule has 0 N–H and O–H groups in total. The number of unbranched alkanes of at least 4 members (excludes halogenated alkanes) is 3. The van der Waals surface area contributed by atoms with Crippen LogP contribution in [-0.4, -0.2) is 26.7 Å². The quantitative estimate of drug-likeness (QED) is 0.0769. The third-order valence-corrected chi connectivity index (χ3v) is 8.37. The standard InChI is InChI=1S/C30H32O4S2/c1-24(2)30(31)34-22-8-3-4-9-23-35-27-18-14-25(15-19-27)12-13-26-16-20-29(21-17-26)36(32,33)28-10-6-5-7-11-28/h5-7,10-21H,1,3-4,8-9,22-23H2,2H3/b13-12+. The Labute approximate surface area is 219 Å². The van der Waals surface area contributed by atoms with Gasteiger partial charge in [0.15, 0.2) is 0 Å². The molecular weight excluding hydrogens is 488 g/mol. The highest BCUT2D eigenvalue weighted by atomic mass is 32.2. The second-order valence-corrected chi connectivity index (χ2v) is 11.6. The molecule has 6 heteroatoms. The number of hydrogen-bond donors (Lipinski definition) is 0. The first-order valence-corrected chi connectivity index (χ1v) is 14.5. The molecule has 3 aromatic rings. The molecule has 0 fully saturated rings. The van der Waals surface area contributed by atoms with Crippen molar-refractivity contribution in [3.05, 3.63) is 102 Å². The molecule has 3 aromatic carbocycles. The molecule has 0 radical (unpaired) electrons. The van der Waals surface area contributed by atoms with Crippen LogP contribution in [0.3, 0.4) is 0 Å². The van der Waals surface area contributed by atoms with E-state index < -0.39 is 9.84 Å². The van der Waals surface area contributed by atoms with Crippen LogP contribution >= 0.6 is 11.8 Å². The fraction of sp³-hybridized carbons (Fsp3) is 0.233. The molecule has 3 rings (SSSR count). The van der Waals surface area contributed by atoms with Gasteiger partial charge in [0.2, 0.25) is 9.84 Å². The van der Waals surface area contributed by atoms with Crippen LogP contribution in [-0.2, 0) is 19.4 Å². The minimum atomic E-state index is -3.50. The second kappa shape index (κ2) is 13.9. The summed E-state index contributed by atoms with van der Waals surface area (Å²) in [6.45, 7) is 5.69. The summed E-state index contributed by atoms with van der Waals surface area (Å²) in [6.07, 6.45) is 8.17. The van der Waals surface area contributed by atoms with Crippen LogP contribution in [0.2, 0.25) is 0 Å². The van der Waals surface area contributed by atoms with Gasteiger partial charge in [0, 0.05) is 10.5 Å². The van der Waals surface area contributed by atoms with E-state index in [4.69, 9.17) is 4.74 Å². The first-order valence-electron chi connectivity index (χ1n) is 12.0. The summed E-state index contributed by atoms with van der Waals surface area (Å²) in [5.74, 6) is 0.745. The largest absolute Gasteiger partial charge is 0.462 e. The van der Waals surface area contributed by atoms with Crippen LogP contribution in [0.1, 0.15) is 43.7 Å². The van der Waals surface area contributed by atoms with Gasteiger partial charge in [-0.3, -0.25) is 0 Å². The van der Waals surface area contributed by atoms with Crippen LogP contribution in [0.5, 0.6) is 0 Å². The van der Waals surface area contributed by atoms with Gasteiger partial charge >= 0.3 is 5.97 Å². The maximum Gasteiger partial charge on any atom is 0.333 e. The lowest BCUT2D eigenvalue weighted by atomic mass is 10.1. The molecule has 0 aromatic heterocycles. The van der Waals surface area contributed by atoms with Crippen molar-refractivity contribution in [3.8, 4) is 0 Å². The van der Waals surface area contributed by atoms with E-state index >= 15 is 0 Å². The van der Waals surface area contributed by atoms with Crippen LogP contribution < -0.4 is 0 Å². The fourth-order valence-corrected chi connectivity index (χ4v) is 5.59. The highest BCUT2D eigenvalue weighted by Gasteiger charge is 2.16. The number of carbonyl (C=O) groups excluding carboxylic acids is 1. The Morgan fingerprint density at radius 1 is 0.806 bits per heavy atom. The molecule has 0 bridgehead atoms. The summed E-state index contributed by atoms with van der Waals surface area (Å²) in [5.41, 5.74) is 2.47. The first kappa shape index (κ1) is 27.5. The number of sulfone groups is 1. The number of hydrogen-bond acceptors (Lipinski definition) is 5. The molecule has 36 heavy (non-hydrogen) atoms. The summed E-state index contributed by atoms with van der Waals surface area (Å²) in [7, 11) is -3.50. The Morgan fingerprint density at radius 3 is 1.97 bits per heavy atom. The van der Waals surface area contributed by atoms with E-state index in [1.165, 1.54) is 4.90 Å². The lowest BCUT2D eigenvalue weighted by Crippen LogP contribution is -2.06. The van der Waals surface area contributed by atoms with Gasteiger partial charge in [-0.05, 0) is 73.0 Å². The Kier molecular flexibility index (Phi) is 10.6. The van der Waals surface area contributed by atoms with Gasteiger partial charge in [0.1, 0.15) is 0 Å². The van der Waals surface area contributed by atoms with E-state index in [1.54, 1.807) is 49.4 Å². The zero-order valence-electron chi connectivity index (χ0n) is 20.6. The minimum absolute atomic E-state index is 0.290.